The number of methoxy groups -OCH3 is 2. The Bertz CT molecular complexity index is 957. The van der Waals surface area contributed by atoms with Crippen molar-refractivity contribution in [2.75, 3.05) is 14.2 Å². The third-order valence-corrected chi connectivity index (χ3v) is 4.29. The molecule has 0 bridgehead atoms. The lowest BCUT2D eigenvalue weighted by atomic mass is 9.85. The lowest BCUT2D eigenvalue weighted by molar-refractivity contribution is 0.0968. The van der Waals surface area contributed by atoms with Gasteiger partial charge < -0.3 is 14.6 Å². The van der Waals surface area contributed by atoms with Crippen LogP contribution in [0.1, 0.15) is 27.4 Å². The van der Waals surface area contributed by atoms with Crippen LogP contribution in [-0.2, 0) is 0 Å². The highest BCUT2D eigenvalue weighted by molar-refractivity contribution is 6.05. The number of aromatic hydroxyl groups is 1. The maximum absolute atomic E-state index is 13.4. The number of aromatic amines is 1. The largest absolute Gasteiger partial charge is 0.503 e. The van der Waals surface area contributed by atoms with Crippen LogP contribution < -0.4 is 15.0 Å². The standard InChI is InChI=1S/C21H19NO5/c1-26-19-18(24)16(20(25)22-21(19)27-2)17(23)15(13-9-5-3-6-10-13)14-11-7-4-8-12-14/h3-12,15H,1-2H3,(H2,22,24,25). The average molecular weight is 365 g/mol. The number of aromatic nitrogens is 1. The molecule has 6 heteroatoms. The van der Waals surface area contributed by atoms with Crippen molar-refractivity contribution >= 4 is 5.78 Å². The van der Waals surface area contributed by atoms with Crippen molar-refractivity contribution in [2.45, 2.75) is 5.92 Å². The molecule has 3 aromatic rings. The molecule has 0 aliphatic heterocycles. The van der Waals surface area contributed by atoms with Gasteiger partial charge in [-0.05, 0) is 11.1 Å². The Morgan fingerprint density at radius 2 is 1.44 bits per heavy atom. The van der Waals surface area contributed by atoms with E-state index in [1.165, 1.54) is 14.2 Å². The van der Waals surface area contributed by atoms with Gasteiger partial charge in [0.05, 0.1) is 20.1 Å². The van der Waals surface area contributed by atoms with Gasteiger partial charge in [-0.2, -0.15) is 0 Å². The number of hydrogen-bond donors (Lipinski definition) is 2. The number of rotatable bonds is 6. The van der Waals surface area contributed by atoms with Gasteiger partial charge in [-0.3, -0.25) is 14.6 Å². The third-order valence-electron chi connectivity index (χ3n) is 4.29. The van der Waals surface area contributed by atoms with Crippen LogP contribution in [0.4, 0.5) is 0 Å². The van der Waals surface area contributed by atoms with Gasteiger partial charge in [-0.1, -0.05) is 60.7 Å². The van der Waals surface area contributed by atoms with E-state index in [2.05, 4.69) is 4.98 Å². The van der Waals surface area contributed by atoms with Crippen molar-refractivity contribution in [3.63, 3.8) is 0 Å². The van der Waals surface area contributed by atoms with Crippen molar-refractivity contribution < 1.29 is 19.4 Å². The van der Waals surface area contributed by atoms with E-state index in [-0.39, 0.29) is 17.2 Å². The van der Waals surface area contributed by atoms with Crippen LogP contribution in [0.15, 0.2) is 65.5 Å². The summed E-state index contributed by atoms with van der Waals surface area (Å²) in [4.78, 5) is 28.3. The van der Waals surface area contributed by atoms with Crippen LogP contribution in [0.5, 0.6) is 17.4 Å². The Morgan fingerprint density at radius 3 is 1.89 bits per heavy atom. The van der Waals surface area contributed by atoms with Gasteiger partial charge in [-0.15, -0.1) is 0 Å². The molecule has 138 valence electrons. The highest BCUT2D eigenvalue weighted by atomic mass is 16.5. The fourth-order valence-electron chi connectivity index (χ4n) is 3.04. The van der Waals surface area contributed by atoms with E-state index < -0.39 is 23.0 Å². The molecule has 3 rings (SSSR count). The smallest absolute Gasteiger partial charge is 0.265 e. The van der Waals surface area contributed by atoms with Gasteiger partial charge in [0, 0.05) is 0 Å². The zero-order chi connectivity index (χ0) is 19.4. The van der Waals surface area contributed by atoms with Gasteiger partial charge in [0.15, 0.2) is 11.5 Å². The third kappa shape index (κ3) is 3.42. The molecule has 0 radical (unpaired) electrons. The van der Waals surface area contributed by atoms with E-state index in [4.69, 9.17) is 9.47 Å². The summed E-state index contributed by atoms with van der Waals surface area (Å²) < 4.78 is 10.1. The molecular formula is C21H19NO5. The van der Waals surface area contributed by atoms with Crippen molar-refractivity contribution in [1.29, 1.82) is 0 Å². The minimum absolute atomic E-state index is 0.0486. The predicted octanol–water partition coefficient (Wildman–Crippen LogP) is 3.11. The first-order valence-electron chi connectivity index (χ1n) is 8.29. The summed E-state index contributed by atoms with van der Waals surface area (Å²) in [7, 11) is 2.64. The van der Waals surface area contributed by atoms with Crippen LogP contribution >= 0.6 is 0 Å². The SMILES string of the molecule is COc1[nH]c(=O)c(C(=O)C(c2ccccc2)c2ccccc2)c(O)c1OC. The van der Waals surface area contributed by atoms with Gasteiger partial charge in [-0.25, -0.2) is 0 Å². The van der Waals surface area contributed by atoms with Gasteiger partial charge in [0.2, 0.25) is 11.6 Å². The van der Waals surface area contributed by atoms with E-state index in [1.807, 2.05) is 60.7 Å². The second kappa shape index (κ2) is 7.78. The average Bonchev–Trinajstić information content (AvgIpc) is 2.69. The van der Waals surface area contributed by atoms with Crippen LogP contribution in [0.25, 0.3) is 0 Å². The molecule has 2 N–H and O–H groups in total. The summed E-state index contributed by atoms with van der Waals surface area (Å²) in [5.74, 6) is -1.97. The molecule has 2 aromatic carbocycles. The summed E-state index contributed by atoms with van der Waals surface area (Å²) >= 11 is 0. The fraction of sp³-hybridized carbons (Fsp3) is 0.143. The molecular weight excluding hydrogens is 346 g/mol. The number of nitrogens with one attached hydrogen (secondary N) is 1. The quantitative estimate of drug-likeness (QED) is 0.655. The monoisotopic (exact) mass is 365 g/mol. The second-order valence-electron chi connectivity index (χ2n) is 5.86. The van der Waals surface area contributed by atoms with Crippen LogP contribution in [0.3, 0.4) is 0 Å². The highest BCUT2D eigenvalue weighted by Crippen LogP contribution is 2.38. The highest BCUT2D eigenvalue weighted by Gasteiger charge is 2.31. The van der Waals surface area contributed by atoms with Crippen molar-refractivity contribution in [3.05, 3.63) is 87.7 Å². The van der Waals surface area contributed by atoms with Crippen LogP contribution in [0.2, 0.25) is 0 Å². The fourth-order valence-corrected chi connectivity index (χ4v) is 3.04. The van der Waals surface area contributed by atoms with Crippen molar-refractivity contribution in [1.82, 2.24) is 4.98 Å². The summed E-state index contributed by atoms with van der Waals surface area (Å²) in [6.45, 7) is 0. The normalized spacial score (nSPS) is 10.6. The maximum Gasteiger partial charge on any atom is 0.265 e. The molecule has 0 aliphatic carbocycles. The summed E-state index contributed by atoms with van der Waals surface area (Å²) in [5, 5.41) is 10.5. The summed E-state index contributed by atoms with van der Waals surface area (Å²) in [5.41, 5.74) is 0.307. The van der Waals surface area contributed by atoms with Gasteiger partial charge >= 0.3 is 0 Å². The molecule has 27 heavy (non-hydrogen) atoms. The molecule has 0 saturated heterocycles. The zero-order valence-electron chi connectivity index (χ0n) is 14.9. The maximum atomic E-state index is 13.4. The number of carbonyl (C=O) groups excluding carboxylic acids is 1. The molecule has 0 fully saturated rings. The first kappa shape index (κ1) is 18.3. The Labute approximate surface area is 156 Å². The first-order valence-corrected chi connectivity index (χ1v) is 8.29. The van der Waals surface area contributed by atoms with E-state index >= 15 is 0 Å². The number of pyridine rings is 1. The van der Waals surface area contributed by atoms with E-state index in [1.54, 1.807) is 0 Å². The molecule has 0 spiro atoms. The van der Waals surface area contributed by atoms with Gasteiger partial charge in [0.1, 0.15) is 5.56 Å². The number of Topliss-reactive ketones (excluding diaryl/α,β-unsaturated/α-hetero) is 1. The Balaban J connectivity index is 2.21. The molecule has 0 amide bonds. The zero-order valence-corrected chi connectivity index (χ0v) is 14.9. The minimum atomic E-state index is -0.752. The Morgan fingerprint density at radius 1 is 0.926 bits per heavy atom. The Kier molecular flexibility index (Phi) is 5.26. The summed E-state index contributed by atoms with van der Waals surface area (Å²) in [6.07, 6.45) is 0. The van der Waals surface area contributed by atoms with E-state index in [0.717, 1.165) is 0 Å². The van der Waals surface area contributed by atoms with E-state index in [0.29, 0.717) is 11.1 Å². The molecule has 1 aromatic heterocycles. The second-order valence-corrected chi connectivity index (χ2v) is 5.86. The first-order chi connectivity index (χ1) is 13.1. The topological polar surface area (TPSA) is 88.6 Å². The van der Waals surface area contributed by atoms with Crippen LogP contribution in [0, 0.1) is 0 Å². The molecule has 1 heterocycles. The molecule has 0 atom stereocenters. The number of carbonyl (C=O) groups is 1. The predicted molar refractivity (Wildman–Crippen MR) is 101 cm³/mol. The lowest BCUT2D eigenvalue weighted by Gasteiger charge is -2.18. The number of ketones is 1. The van der Waals surface area contributed by atoms with Crippen molar-refractivity contribution in [3.8, 4) is 17.4 Å². The molecule has 0 unspecified atom stereocenters. The number of ether oxygens (including phenoxy) is 2. The minimum Gasteiger partial charge on any atom is -0.503 e. The molecule has 6 nitrogen and oxygen atoms in total. The molecule has 0 aliphatic rings. The van der Waals surface area contributed by atoms with E-state index in [9.17, 15) is 14.7 Å². The Hall–Kier alpha value is -3.54. The summed E-state index contributed by atoms with van der Waals surface area (Å²) in [6, 6.07) is 18.2. The van der Waals surface area contributed by atoms with Gasteiger partial charge in [0.25, 0.3) is 5.56 Å². The molecule has 0 saturated carbocycles. The van der Waals surface area contributed by atoms with Crippen molar-refractivity contribution in [2.24, 2.45) is 0 Å². The number of hydrogen-bond acceptors (Lipinski definition) is 5. The van der Waals surface area contributed by atoms with Crippen LogP contribution in [-0.4, -0.2) is 30.1 Å². The number of H-pyrrole nitrogens is 1. The lowest BCUT2D eigenvalue weighted by Crippen LogP contribution is -2.24. The number of benzene rings is 2.